The lowest BCUT2D eigenvalue weighted by atomic mass is 9.97. The van der Waals surface area contributed by atoms with Crippen molar-refractivity contribution in [2.45, 2.75) is 35.5 Å². The molecule has 0 spiro atoms. The SMILES string of the molecule is CNS(=O)(=O)c1ccccc1SCC(=O)N1CCC(c2nc(-c3ccc(Cl)cc3)c(-c3ccc(C)cc3)s2)CC1. The van der Waals surface area contributed by atoms with Gasteiger partial charge in [0, 0.05) is 34.5 Å². The van der Waals surface area contributed by atoms with Crippen LogP contribution in [-0.2, 0) is 14.8 Å². The number of aryl methyl sites for hydroxylation is 1. The summed E-state index contributed by atoms with van der Waals surface area (Å²) in [6, 6.07) is 23.1. The maximum atomic E-state index is 13.0. The van der Waals surface area contributed by atoms with Gasteiger partial charge in [0.25, 0.3) is 0 Å². The van der Waals surface area contributed by atoms with Gasteiger partial charge in [0.15, 0.2) is 0 Å². The molecule has 1 aromatic heterocycles. The predicted octanol–water partition coefficient (Wildman–Crippen LogP) is 6.85. The van der Waals surface area contributed by atoms with Crippen molar-refractivity contribution in [1.82, 2.24) is 14.6 Å². The van der Waals surface area contributed by atoms with Gasteiger partial charge >= 0.3 is 0 Å². The number of halogens is 1. The molecule has 4 aromatic rings. The van der Waals surface area contributed by atoms with Crippen molar-refractivity contribution >= 4 is 50.6 Å². The first-order valence-electron chi connectivity index (χ1n) is 13.0. The Balaban J connectivity index is 1.28. The summed E-state index contributed by atoms with van der Waals surface area (Å²) in [5.41, 5.74) is 4.35. The van der Waals surface area contributed by atoms with E-state index in [9.17, 15) is 13.2 Å². The molecule has 6 nitrogen and oxygen atoms in total. The Hall–Kier alpha value is -2.69. The number of aromatic nitrogens is 1. The van der Waals surface area contributed by atoms with Crippen molar-refractivity contribution in [2.24, 2.45) is 0 Å². The number of carbonyl (C=O) groups is 1. The Kier molecular flexibility index (Phi) is 8.97. The minimum Gasteiger partial charge on any atom is -0.342 e. The van der Waals surface area contributed by atoms with Crippen LogP contribution in [-0.4, -0.2) is 50.1 Å². The molecule has 0 saturated carbocycles. The lowest BCUT2D eigenvalue weighted by Gasteiger charge is -2.31. The summed E-state index contributed by atoms with van der Waals surface area (Å²) in [6.07, 6.45) is 1.67. The first-order chi connectivity index (χ1) is 19.2. The highest BCUT2D eigenvalue weighted by Crippen LogP contribution is 2.42. The summed E-state index contributed by atoms with van der Waals surface area (Å²) in [4.78, 5) is 22.0. The van der Waals surface area contributed by atoms with E-state index in [0.29, 0.717) is 23.0 Å². The molecule has 10 heteroatoms. The Morgan fingerprint density at radius 2 is 1.68 bits per heavy atom. The van der Waals surface area contributed by atoms with Gasteiger partial charge in [-0.25, -0.2) is 18.1 Å². The van der Waals surface area contributed by atoms with E-state index in [1.54, 1.807) is 35.6 Å². The summed E-state index contributed by atoms with van der Waals surface area (Å²) in [7, 11) is -2.21. The molecule has 40 heavy (non-hydrogen) atoms. The number of likely N-dealkylation sites (tertiary alicyclic amines) is 1. The third-order valence-corrected chi connectivity index (χ3v) is 11.2. The number of rotatable bonds is 8. The van der Waals surface area contributed by atoms with Crippen LogP contribution in [0.5, 0.6) is 0 Å². The minimum atomic E-state index is -3.59. The second kappa shape index (κ2) is 12.4. The molecule has 1 amide bonds. The second-order valence-electron chi connectivity index (χ2n) is 9.70. The van der Waals surface area contributed by atoms with Crippen LogP contribution < -0.4 is 4.72 Å². The van der Waals surface area contributed by atoms with Crippen LogP contribution in [0.4, 0.5) is 0 Å². The second-order valence-corrected chi connectivity index (χ2v) is 14.0. The zero-order chi connectivity index (χ0) is 28.3. The maximum absolute atomic E-state index is 13.0. The summed E-state index contributed by atoms with van der Waals surface area (Å²) in [5, 5.41) is 1.78. The molecule has 0 radical (unpaired) electrons. The quantitative estimate of drug-likeness (QED) is 0.221. The van der Waals surface area contributed by atoms with E-state index in [1.165, 1.54) is 24.4 Å². The molecule has 5 rings (SSSR count). The molecule has 208 valence electrons. The minimum absolute atomic E-state index is 0.0152. The van der Waals surface area contributed by atoms with Gasteiger partial charge in [-0.1, -0.05) is 65.7 Å². The van der Waals surface area contributed by atoms with Crippen LogP contribution in [0.15, 0.2) is 82.6 Å². The molecule has 0 unspecified atom stereocenters. The number of nitrogens with one attached hydrogen (secondary N) is 1. The van der Waals surface area contributed by atoms with Crippen LogP contribution in [0.2, 0.25) is 5.02 Å². The van der Waals surface area contributed by atoms with Crippen molar-refractivity contribution in [1.29, 1.82) is 0 Å². The van der Waals surface area contributed by atoms with Gasteiger partial charge in [-0.2, -0.15) is 0 Å². The molecule has 1 aliphatic rings. The lowest BCUT2D eigenvalue weighted by Crippen LogP contribution is -2.38. The first kappa shape index (κ1) is 28.8. The smallest absolute Gasteiger partial charge is 0.241 e. The van der Waals surface area contributed by atoms with E-state index in [-0.39, 0.29) is 22.5 Å². The third-order valence-electron chi connectivity index (χ3n) is 7.03. The van der Waals surface area contributed by atoms with E-state index in [2.05, 4.69) is 35.9 Å². The average molecular weight is 612 g/mol. The number of carbonyl (C=O) groups excluding carboxylic acids is 1. The third kappa shape index (κ3) is 6.44. The summed E-state index contributed by atoms with van der Waals surface area (Å²) < 4.78 is 27.0. The fourth-order valence-electron chi connectivity index (χ4n) is 4.72. The number of benzene rings is 3. The molecule has 0 bridgehead atoms. The van der Waals surface area contributed by atoms with Gasteiger partial charge in [-0.05, 0) is 56.6 Å². The van der Waals surface area contributed by atoms with Crippen molar-refractivity contribution in [3.63, 3.8) is 0 Å². The summed E-state index contributed by atoms with van der Waals surface area (Å²) in [6.45, 7) is 3.38. The van der Waals surface area contributed by atoms with Gasteiger partial charge in [-0.3, -0.25) is 4.79 Å². The molecule has 0 atom stereocenters. The van der Waals surface area contributed by atoms with E-state index >= 15 is 0 Å². The standard InChI is InChI=1S/C30H30ClN3O3S3/c1-20-7-9-22(10-8-20)29-28(21-11-13-24(31)14-12-21)33-30(39-29)23-15-17-34(18-16-23)27(35)19-38-25-5-3-4-6-26(25)40(36,37)32-2/h3-14,23,32H,15-19H2,1-2H3. The normalized spacial score (nSPS) is 14.4. The van der Waals surface area contributed by atoms with Crippen LogP contribution in [0.3, 0.4) is 0 Å². The molecule has 1 saturated heterocycles. The lowest BCUT2D eigenvalue weighted by molar-refractivity contribution is -0.129. The van der Waals surface area contributed by atoms with Gasteiger partial charge in [-0.15, -0.1) is 23.1 Å². The summed E-state index contributed by atoms with van der Waals surface area (Å²) in [5.74, 6) is 0.478. The molecule has 0 aliphatic carbocycles. The predicted molar refractivity (Wildman–Crippen MR) is 165 cm³/mol. The molecule has 3 aromatic carbocycles. The van der Waals surface area contributed by atoms with Gasteiger partial charge in [0.1, 0.15) is 0 Å². The van der Waals surface area contributed by atoms with E-state index in [0.717, 1.165) is 39.5 Å². The highest BCUT2D eigenvalue weighted by molar-refractivity contribution is 8.00. The number of piperidine rings is 1. The van der Waals surface area contributed by atoms with Crippen LogP contribution in [0.25, 0.3) is 21.7 Å². The van der Waals surface area contributed by atoms with E-state index in [1.807, 2.05) is 29.2 Å². The number of nitrogens with zero attached hydrogens (tertiary/aromatic N) is 2. The van der Waals surface area contributed by atoms with Crippen molar-refractivity contribution < 1.29 is 13.2 Å². The highest BCUT2D eigenvalue weighted by atomic mass is 35.5. The van der Waals surface area contributed by atoms with Gasteiger partial charge in [0.05, 0.1) is 26.2 Å². The molecule has 1 N–H and O–H groups in total. The molecule has 2 heterocycles. The van der Waals surface area contributed by atoms with E-state index in [4.69, 9.17) is 16.6 Å². The zero-order valence-corrected chi connectivity index (χ0v) is 25.5. The Morgan fingerprint density at radius 3 is 2.35 bits per heavy atom. The number of hydrogen-bond acceptors (Lipinski definition) is 6. The number of amides is 1. The Labute approximate surface area is 248 Å². The average Bonchev–Trinajstić information content (AvgIpc) is 3.42. The highest BCUT2D eigenvalue weighted by Gasteiger charge is 2.28. The monoisotopic (exact) mass is 611 g/mol. The van der Waals surface area contributed by atoms with Crippen molar-refractivity contribution in [2.75, 3.05) is 25.9 Å². The molecular formula is C30H30ClN3O3S3. The zero-order valence-electron chi connectivity index (χ0n) is 22.3. The van der Waals surface area contributed by atoms with Crippen molar-refractivity contribution in [3.8, 4) is 21.7 Å². The van der Waals surface area contributed by atoms with Crippen LogP contribution in [0.1, 0.15) is 29.3 Å². The number of thioether (sulfide) groups is 1. The summed E-state index contributed by atoms with van der Waals surface area (Å²) >= 11 is 9.14. The van der Waals surface area contributed by atoms with Gasteiger partial charge < -0.3 is 4.90 Å². The largest absolute Gasteiger partial charge is 0.342 e. The number of hydrogen-bond donors (Lipinski definition) is 1. The Morgan fingerprint density at radius 1 is 1.02 bits per heavy atom. The van der Waals surface area contributed by atoms with Gasteiger partial charge in [0.2, 0.25) is 15.9 Å². The first-order valence-corrected chi connectivity index (χ1v) is 16.7. The molecule has 1 aliphatic heterocycles. The Bertz CT molecular complexity index is 1530. The van der Waals surface area contributed by atoms with Crippen LogP contribution >= 0.6 is 34.7 Å². The van der Waals surface area contributed by atoms with Crippen molar-refractivity contribution in [3.05, 3.63) is 88.4 Å². The molecular weight excluding hydrogens is 582 g/mol. The number of thiazole rings is 1. The molecule has 1 fully saturated rings. The number of sulfonamides is 1. The fourth-order valence-corrected chi connectivity index (χ4v) is 8.27. The fraction of sp³-hybridized carbons (Fsp3) is 0.267. The topological polar surface area (TPSA) is 79.4 Å². The van der Waals surface area contributed by atoms with Crippen LogP contribution in [0, 0.1) is 6.92 Å². The van der Waals surface area contributed by atoms with E-state index < -0.39 is 10.0 Å². The maximum Gasteiger partial charge on any atom is 0.241 e.